The molecule has 27 heavy (non-hydrogen) atoms. The van der Waals surface area contributed by atoms with Gasteiger partial charge >= 0.3 is 0 Å². The summed E-state index contributed by atoms with van der Waals surface area (Å²) < 4.78 is 31.5. The van der Waals surface area contributed by atoms with Crippen molar-refractivity contribution < 1.29 is 17.6 Å². The van der Waals surface area contributed by atoms with Gasteiger partial charge in [-0.1, -0.05) is 0 Å². The number of furan rings is 1. The number of carbonyl (C=O) groups is 1. The molecular formula is C18H17N3O4S2. The van der Waals surface area contributed by atoms with Gasteiger partial charge in [-0.25, -0.2) is 18.1 Å². The quantitative estimate of drug-likeness (QED) is 0.706. The van der Waals surface area contributed by atoms with E-state index in [-0.39, 0.29) is 17.2 Å². The molecule has 1 N–H and O–H groups in total. The van der Waals surface area contributed by atoms with Crippen LogP contribution in [0.1, 0.15) is 11.3 Å². The van der Waals surface area contributed by atoms with Gasteiger partial charge in [0, 0.05) is 17.6 Å². The SMILES string of the molecule is CNS(=O)(=O)c1ccc2c(c1)CCN2C(=O)Cc1csc(-c2ccco2)n1. The van der Waals surface area contributed by atoms with Crippen LogP contribution in [0.4, 0.5) is 5.69 Å². The summed E-state index contributed by atoms with van der Waals surface area (Å²) in [5.41, 5.74) is 2.31. The van der Waals surface area contributed by atoms with Crippen molar-refractivity contribution in [2.45, 2.75) is 17.7 Å². The van der Waals surface area contributed by atoms with E-state index >= 15 is 0 Å². The number of anilines is 1. The number of carbonyl (C=O) groups excluding carboxylic acids is 1. The Morgan fingerprint density at radius 1 is 1.37 bits per heavy atom. The first-order valence-electron chi connectivity index (χ1n) is 8.33. The van der Waals surface area contributed by atoms with Crippen LogP contribution in [0, 0.1) is 0 Å². The standard InChI is InChI=1S/C18H17N3O4S2/c1-19-27(23,24)14-4-5-15-12(9-14)6-7-21(15)17(22)10-13-11-26-18(20-13)16-3-2-8-25-16/h2-5,8-9,11,19H,6-7,10H2,1H3. The second-order valence-corrected chi connectivity index (χ2v) is 8.84. The third-order valence-corrected chi connectivity index (χ3v) is 6.76. The zero-order valence-electron chi connectivity index (χ0n) is 14.5. The van der Waals surface area contributed by atoms with E-state index in [1.807, 2.05) is 11.4 Å². The molecule has 1 aliphatic heterocycles. The van der Waals surface area contributed by atoms with E-state index < -0.39 is 10.0 Å². The third-order valence-electron chi connectivity index (χ3n) is 4.44. The zero-order valence-corrected chi connectivity index (χ0v) is 16.1. The maximum atomic E-state index is 12.7. The molecule has 0 atom stereocenters. The van der Waals surface area contributed by atoms with Crippen LogP contribution in [-0.4, -0.2) is 32.9 Å². The minimum absolute atomic E-state index is 0.0609. The van der Waals surface area contributed by atoms with E-state index in [9.17, 15) is 13.2 Å². The molecule has 140 valence electrons. The number of thiazole rings is 1. The van der Waals surface area contributed by atoms with Gasteiger partial charge in [-0.3, -0.25) is 4.79 Å². The molecular weight excluding hydrogens is 386 g/mol. The highest BCUT2D eigenvalue weighted by Crippen LogP contribution is 2.31. The van der Waals surface area contributed by atoms with Crippen molar-refractivity contribution >= 4 is 33.0 Å². The monoisotopic (exact) mass is 403 g/mol. The van der Waals surface area contributed by atoms with Gasteiger partial charge in [0.15, 0.2) is 10.8 Å². The fourth-order valence-corrected chi connectivity index (χ4v) is 4.64. The second kappa shape index (κ2) is 6.91. The maximum absolute atomic E-state index is 12.7. The molecule has 0 saturated heterocycles. The van der Waals surface area contributed by atoms with Crippen molar-refractivity contribution in [1.82, 2.24) is 9.71 Å². The molecule has 3 heterocycles. The van der Waals surface area contributed by atoms with E-state index in [0.29, 0.717) is 24.4 Å². The van der Waals surface area contributed by atoms with Crippen LogP contribution in [0.2, 0.25) is 0 Å². The van der Waals surface area contributed by atoms with Gasteiger partial charge in [0.25, 0.3) is 0 Å². The Morgan fingerprint density at radius 3 is 2.96 bits per heavy atom. The minimum Gasteiger partial charge on any atom is -0.462 e. The topological polar surface area (TPSA) is 92.5 Å². The summed E-state index contributed by atoms with van der Waals surface area (Å²) in [6.07, 6.45) is 2.40. The van der Waals surface area contributed by atoms with E-state index in [0.717, 1.165) is 16.3 Å². The molecule has 0 aliphatic carbocycles. The van der Waals surface area contributed by atoms with Crippen LogP contribution in [0.3, 0.4) is 0 Å². The summed E-state index contributed by atoms with van der Waals surface area (Å²) in [5.74, 6) is 0.623. The third kappa shape index (κ3) is 3.41. The second-order valence-electron chi connectivity index (χ2n) is 6.09. The molecule has 0 bridgehead atoms. The highest BCUT2D eigenvalue weighted by atomic mass is 32.2. The number of hydrogen-bond acceptors (Lipinski definition) is 6. The van der Waals surface area contributed by atoms with E-state index in [4.69, 9.17) is 4.42 Å². The summed E-state index contributed by atoms with van der Waals surface area (Å²) in [4.78, 5) is 19.1. The molecule has 1 aliphatic rings. The molecule has 1 aromatic carbocycles. The van der Waals surface area contributed by atoms with Gasteiger partial charge in [-0.15, -0.1) is 11.3 Å². The van der Waals surface area contributed by atoms with Crippen molar-refractivity contribution in [1.29, 1.82) is 0 Å². The van der Waals surface area contributed by atoms with E-state index in [2.05, 4.69) is 9.71 Å². The summed E-state index contributed by atoms with van der Waals surface area (Å²) >= 11 is 1.44. The van der Waals surface area contributed by atoms with Gasteiger partial charge < -0.3 is 9.32 Å². The maximum Gasteiger partial charge on any atom is 0.240 e. The highest BCUT2D eigenvalue weighted by molar-refractivity contribution is 7.89. The molecule has 0 radical (unpaired) electrons. The molecule has 7 nitrogen and oxygen atoms in total. The van der Waals surface area contributed by atoms with Gasteiger partial charge in [-0.2, -0.15) is 0 Å². The molecule has 3 aromatic rings. The Morgan fingerprint density at radius 2 is 2.22 bits per heavy atom. The summed E-state index contributed by atoms with van der Waals surface area (Å²) in [6.45, 7) is 0.534. The minimum atomic E-state index is -3.50. The Labute approximate surface area is 160 Å². The van der Waals surface area contributed by atoms with Crippen molar-refractivity contribution in [2.75, 3.05) is 18.5 Å². The highest BCUT2D eigenvalue weighted by Gasteiger charge is 2.27. The number of nitrogens with one attached hydrogen (secondary N) is 1. The number of hydrogen-bond donors (Lipinski definition) is 1. The summed E-state index contributed by atoms with van der Waals surface area (Å²) in [7, 11) is -2.12. The Bertz CT molecular complexity index is 1090. The van der Waals surface area contributed by atoms with Gasteiger partial charge in [-0.05, 0) is 49.4 Å². The Balaban J connectivity index is 1.52. The van der Waals surface area contributed by atoms with Crippen molar-refractivity contribution in [3.8, 4) is 10.8 Å². The average molecular weight is 403 g/mol. The fraction of sp³-hybridized carbons (Fsp3) is 0.222. The first-order valence-corrected chi connectivity index (χ1v) is 10.7. The lowest BCUT2D eigenvalue weighted by Crippen LogP contribution is -2.30. The van der Waals surface area contributed by atoms with Gasteiger partial charge in [0.1, 0.15) is 0 Å². The number of sulfonamides is 1. The number of fused-ring (bicyclic) bond motifs is 1. The molecule has 0 saturated carbocycles. The number of amides is 1. The van der Waals surface area contributed by atoms with E-state index in [1.54, 1.807) is 29.4 Å². The lowest BCUT2D eigenvalue weighted by molar-refractivity contribution is -0.117. The first kappa shape index (κ1) is 17.9. The van der Waals surface area contributed by atoms with Crippen LogP contribution in [0.5, 0.6) is 0 Å². The lowest BCUT2D eigenvalue weighted by Gasteiger charge is -2.17. The van der Waals surface area contributed by atoms with Crippen LogP contribution in [0.15, 0.2) is 51.3 Å². The van der Waals surface area contributed by atoms with Crippen molar-refractivity contribution in [2.24, 2.45) is 0 Å². The summed E-state index contributed by atoms with van der Waals surface area (Å²) in [6, 6.07) is 8.48. The molecule has 4 rings (SSSR count). The Kier molecular flexibility index (Phi) is 4.58. The number of nitrogens with zero attached hydrogens (tertiary/aromatic N) is 2. The first-order chi connectivity index (χ1) is 13.0. The molecule has 0 spiro atoms. The fourth-order valence-electron chi connectivity index (χ4n) is 3.07. The normalized spacial score (nSPS) is 13.7. The number of rotatable bonds is 5. The lowest BCUT2D eigenvalue weighted by atomic mass is 10.2. The number of benzene rings is 1. The molecule has 0 fully saturated rings. The molecule has 0 unspecified atom stereocenters. The van der Waals surface area contributed by atoms with Gasteiger partial charge in [0.2, 0.25) is 15.9 Å². The Hall–Kier alpha value is -2.49. The predicted molar refractivity (Wildman–Crippen MR) is 102 cm³/mol. The zero-order chi connectivity index (χ0) is 19.0. The van der Waals surface area contributed by atoms with Crippen molar-refractivity contribution in [3.63, 3.8) is 0 Å². The average Bonchev–Trinajstić information content (AvgIpc) is 3.40. The van der Waals surface area contributed by atoms with Crippen molar-refractivity contribution in [3.05, 3.63) is 53.2 Å². The van der Waals surface area contributed by atoms with E-state index in [1.165, 1.54) is 24.5 Å². The van der Waals surface area contributed by atoms with Crippen LogP contribution >= 0.6 is 11.3 Å². The predicted octanol–water partition coefficient (Wildman–Crippen LogP) is 2.44. The number of aromatic nitrogens is 1. The largest absolute Gasteiger partial charge is 0.462 e. The van der Waals surface area contributed by atoms with Crippen LogP contribution in [-0.2, 0) is 27.7 Å². The smallest absolute Gasteiger partial charge is 0.240 e. The molecule has 9 heteroatoms. The molecule has 2 aromatic heterocycles. The van der Waals surface area contributed by atoms with Gasteiger partial charge in [0.05, 0.1) is 23.3 Å². The molecule has 1 amide bonds. The van der Waals surface area contributed by atoms with Crippen LogP contribution < -0.4 is 9.62 Å². The van der Waals surface area contributed by atoms with Crippen LogP contribution in [0.25, 0.3) is 10.8 Å². The summed E-state index contributed by atoms with van der Waals surface area (Å²) in [5, 5.41) is 2.60.